The van der Waals surface area contributed by atoms with Crippen molar-refractivity contribution in [3.63, 3.8) is 0 Å². The highest BCUT2D eigenvalue weighted by atomic mass is 79.9. The second kappa shape index (κ2) is 5.73. The Labute approximate surface area is 118 Å². The number of nitrogens with one attached hydrogen (secondary N) is 1. The zero-order valence-corrected chi connectivity index (χ0v) is 12.0. The van der Waals surface area contributed by atoms with Crippen LogP contribution < -0.4 is 4.74 Å². The van der Waals surface area contributed by atoms with E-state index in [2.05, 4.69) is 25.9 Å². The topological polar surface area (TPSA) is 58.1 Å². The summed E-state index contributed by atoms with van der Waals surface area (Å²) < 4.78 is 6.01. The van der Waals surface area contributed by atoms with Crippen molar-refractivity contribution < 1.29 is 9.84 Å². The van der Waals surface area contributed by atoms with Gasteiger partial charge >= 0.3 is 0 Å². The van der Waals surface area contributed by atoms with Gasteiger partial charge in [-0.2, -0.15) is 0 Å². The van der Waals surface area contributed by atoms with Crippen LogP contribution in [0.3, 0.4) is 0 Å². The lowest BCUT2D eigenvalue weighted by Gasteiger charge is -2.04. The lowest BCUT2D eigenvalue weighted by Crippen LogP contribution is -1.92. The van der Waals surface area contributed by atoms with Gasteiger partial charge in [0.15, 0.2) is 0 Å². The van der Waals surface area contributed by atoms with E-state index >= 15 is 0 Å². The van der Waals surface area contributed by atoms with Crippen molar-refractivity contribution in [2.75, 3.05) is 13.7 Å². The average molecular weight is 332 g/mol. The molecule has 0 aliphatic heterocycles. The molecule has 0 aliphatic rings. The van der Waals surface area contributed by atoms with E-state index < -0.39 is 0 Å². The van der Waals surface area contributed by atoms with Crippen LogP contribution in [0.5, 0.6) is 5.75 Å². The summed E-state index contributed by atoms with van der Waals surface area (Å²) >= 11 is 9.52. The predicted octanol–water partition coefficient (Wildman–Crippen LogP) is 3.04. The van der Waals surface area contributed by atoms with Crippen molar-refractivity contribution in [2.24, 2.45) is 0 Å². The minimum absolute atomic E-state index is 0.0373. The Balaban J connectivity index is 2.39. The van der Waals surface area contributed by atoms with Crippen LogP contribution >= 0.6 is 27.5 Å². The number of hydrogen-bond donors (Lipinski definition) is 2. The zero-order valence-electron chi connectivity index (χ0n) is 9.70. The third-order valence-corrected chi connectivity index (χ3v) is 3.38. The highest BCUT2D eigenvalue weighted by Gasteiger charge is 2.12. The molecule has 0 unspecified atom stereocenters. The Kier molecular flexibility index (Phi) is 4.27. The quantitative estimate of drug-likeness (QED) is 0.905. The van der Waals surface area contributed by atoms with Crippen LogP contribution in [0.25, 0.3) is 11.3 Å². The van der Waals surface area contributed by atoms with Gasteiger partial charge in [0, 0.05) is 12.0 Å². The Bertz CT molecular complexity index is 557. The first kappa shape index (κ1) is 13.4. The molecule has 0 saturated heterocycles. The van der Waals surface area contributed by atoms with E-state index in [4.69, 9.17) is 21.4 Å². The maximum Gasteiger partial charge on any atom is 0.134 e. The molecule has 0 spiro atoms. The number of aromatic amines is 1. The molecule has 0 aliphatic carbocycles. The SMILES string of the molecule is COc1ccc(-c2nc(CCO)[nH]c2Cl)cc1Br. The molecule has 2 aromatic rings. The molecule has 6 heteroatoms. The van der Waals surface area contributed by atoms with E-state index in [1.807, 2.05) is 18.2 Å². The van der Waals surface area contributed by atoms with Crippen LogP contribution in [0.2, 0.25) is 5.15 Å². The molecular formula is C12H12BrClN2O2. The van der Waals surface area contributed by atoms with Gasteiger partial charge in [0.05, 0.1) is 18.2 Å². The summed E-state index contributed by atoms with van der Waals surface area (Å²) in [7, 11) is 1.61. The maximum atomic E-state index is 8.88. The van der Waals surface area contributed by atoms with Crippen molar-refractivity contribution in [1.82, 2.24) is 9.97 Å². The number of hydrogen-bond acceptors (Lipinski definition) is 3. The molecule has 0 radical (unpaired) electrons. The smallest absolute Gasteiger partial charge is 0.134 e. The van der Waals surface area contributed by atoms with E-state index in [1.165, 1.54) is 0 Å². The molecular weight excluding hydrogens is 320 g/mol. The van der Waals surface area contributed by atoms with Gasteiger partial charge in [-0.25, -0.2) is 4.98 Å². The van der Waals surface area contributed by atoms with E-state index in [0.717, 1.165) is 15.8 Å². The number of aliphatic hydroxyl groups excluding tert-OH is 1. The van der Waals surface area contributed by atoms with Gasteiger partial charge in [-0.3, -0.25) is 0 Å². The molecule has 0 saturated carbocycles. The fourth-order valence-electron chi connectivity index (χ4n) is 1.63. The molecule has 96 valence electrons. The lowest BCUT2D eigenvalue weighted by molar-refractivity contribution is 0.297. The Morgan fingerprint density at radius 3 is 2.89 bits per heavy atom. The summed E-state index contributed by atoms with van der Waals surface area (Å²) in [6.45, 7) is 0.0373. The monoisotopic (exact) mass is 330 g/mol. The minimum Gasteiger partial charge on any atom is -0.496 e. The van der Waals surface area contributed by atoms with Gasteiger partial charge in [-0.1, -0.05) is 11.6 Å². The van der Waals surface area contributed by atoms with Crippen molar-refractivity contribution in [3.05, 3.63) is 33.6 Å². The van der Waals surface area contributed by atoms with Gasteiger partial charge in [-0.05, 0) is 34.1 Å². The van der Waals surface area contributed by atoms with Gasteiger partial charge in [-0.15, -0.1) is 0 Å². The van der Waals surface area contributed by atoms with Crippen LogP contribution in [0.4, 0.5) is 0 Å². The minimum atomic E-state index is 0.0373. The van der Waals surface area contributed by atoms with Crippen molar-refractivity contribution >= 4 is 27.5 Å². The zero-order chi connectivity index (χ0) is 13.1. The summed E-state index contributed by atoms with van der Waals surface area (Å²) in [6.07, 6.45) is 0.455. The van der Waals surface area contributed by atoms with E-state index in [9.17, 15) is 0 Å². The normalized spacial score (nSPS) is 10.7. The Morgan fingerprint density at radius 1 is 1.50 bits per heavy atom. The van der Waals surface area contributed by atoms with E-state index in [-0.39, 0.29) is 6.61 Å². The van der Waals surface area contributed by atoms with Gasteiger partial charge in [0.25, 0.3) is 0 Å². The highest BCUT2D eigenvalue weighted by Crippen LogP contribution is 2.32. The van der Waals surface area contributed by atoms with Crippen molar-refractivity contribution in [3.8, 4) is 17.0 Å². The summed E-state index contributed by atoms with van der Waals surface area (Å²) in [6, 6.07) is 5.62. The van der Waals surface area contributed by atoms with Gasteiger partial charge in [0.2, 0.25) is 0 Å². The molecule has 0 fully saturated rings. The number of aliphatic hydroxyl groups is 1. The second-order valence-electron chi connectivity index (χ2n) is 3.67. The number of rotatable bonds is 4. The molecule has 1 aromatic heterocycles. The third-order valence-electron chi connectivity index (χ3n) is 2.48. The predicted molar refractivity (Wildman–Crippen MR) is 74.1 cm³/mol. The van der Waals surface area contributed by atoms with Crippen LogP contribution in [0.1, 0.15) is 5.82 Å². The molecule has 2 rings (SSSR count). The van der Waals surface area contributed by atoms with Gasteiger partial charge in [0.1, 0.15) is 22.4 Å². The number of ether oxygens (including phenoxy) is 1. The van der Waals surface area contributed by atoms with Gasteiger partial charge < -0.3 is 14.8 Å². The number of imidazole rings is 1. The summed E-state index contributed by atoms with van der Waals surface area (Å²) in [4.78, 5) is 7.30. The fourth-order valence-corrected chi connectivity index (χ4v) is 2.43. The van der Waals surface area contributed by atoms with E-state index in [1.54, 1.807) is 7.11 Å². The van der Waals surface area contributed by atoms with Crippen molar-refractivity contribution in [2.45, 2.75) is 6.42 Å². The number of H-pyrrole nitrogens is 1. The number of methoxy groups -OCH3 is 1. The van der Waals surface area contributed by atoms with Crippen LogP contribution in [0, 0.1) is 0 Å². The maximum absolute atomic E-state index is 8.88. The summed E-state index contributed by atoms with van der Waals surface area (Å²) in [5, 5.41) is 9.34. The first-order valence-corrected chi connectivity index (χ1v) is 6.52. The molecule has 0 amide bonds. The van der Waals surface area contributed by atoms with Crippen LogP contribution in [-0.2, 0) is 6.42 Å². The highest BCUT2D eigenvalue weighted by molar-refractivity contribution is 9.10. The Hall–Kier alpha value is -1.04. The summed E-state index contributed by atoms with van der Waals surface area (Å²) in [5.74, 6) is 1.42. The number of aromatic nitrogens is 2. The molecule has 1 aromatic carbocycles. The fraction of sp³-hybridized carbons (Fsp3) is 0.250. The molecule has 18 heavy (non-hydrogen) atoms. The second-order valence-corrected chi connectivity index (χ2v) is 4.90. The first-order valence-electron chi connectivity index (χ1n) is 5.35. The molecule has 0 atom stereocenters. The molecule has 0 bridgehead atoms. The van der Waals surface area contributed by atoms with E-state index in [0.29, 0.717) is 23.1 Å². The number of halogens is 2. The Morgan fingerprint density at radius 2 is 2.28 bits per heavy atom. The lowest BCUT2D eigenvalue weighted by atomic mass is 10.1. The average Bonchev–Trinajstić information content (AvgIpc) is 2.71. The standard InChI is InChI=1S/C12H12BrClN2O2/c1-18-9-3-2-7(6-8(9)13)11-12(14)16-10(15-11)4-5-17/h2-3,6,17H,4-5H2,1H3,(H,15,16). The largest absolute Gasteiger partial charge is 0.496 e. The number of benzene rings is 1. The molecule has 1 heterocycles. The molecule has 2 N–H and O–H groups in total. The number of nitrogens with zero attached hydrogens (tertiary/aromatic N) is 1. The summed E-state index contributed by atoms with van der Waals surface area (Å²) in [5.41, 5.74) is 1.55. The van der Waals surface area contributed by atoms with Crippen molar-refractivity contribution in [1.29, 1.82) is 0 Å². The third kappa shape index (κ3) is 2.68. The van der Waals surface area contributed by atoms with Crippen LogP contribution in [0.15, 0.2) is 22.7 Å². The van der Waals surface area contributed by atoms with Crippen LogP contribution in [-0.4, -0.2) is 28.8 Å². The first-order chi connectivity index (χ1) is 8.65. The molecule has 4 nitrogen and oxygen atoms in total.